The van der Waals surface area contributed by atoms with Crippen LogP contribution < -0.4 is 5.32 Å². The van der Waals surface area contributed by atoms with E-state index >= 15 is 0 Å². The molecule has 3 nitrogen and oxygen atoms in total. The van der Waals surface area contributed by atoms with Gasteiger partial charge >= 0.3 is 0 Å². The third-order valence-corrected chi connectivity index (χ3v) is 3.49. The van der Waals surface area contributed by atoms with E-state index in [0.717, 1.165) is 30.5 Å². The molecule has 0 unspecified atom stereocenters. The summed E-state index contributed by atoms with van der Waals surface area (Å²) in [7, 11) is 0. The summed E-state index contributed by atoms with van der Waals surface area (Å²) in [5.41, 5.74) is 1.14. The van der Waals surface area contributed by atoms with Crippen molar-refractivity contribution in [3.63, 3.8) is 0 Å². The van der Waals surface area contributed by atoms with Crippen molar-refractivity contribution in [2.24, 2.45) is 0 Å². The van der Waals surface area contributed by atoms with Crippen LogP contribution in [0.3, 0.4) is 0 Å². The molecule has 0 bridgehead atoms. The minimum absolute atomic E-state index is 0.0150. The number of rotatable bonds is 7. The lowest BCUT2D eigenvalue weighted by Crippen LogP contribution is -2.36. The van der Waals surface area contributed by atoms with E-state index in [1.165, 1.54) is 6.07 Å². The summed E-state index contributed by atoms with van der Waals surface area (Å²) in [5.74, 6) is -2.71. The zero-order chi connectivity index (χ0) is 16.7. The average molecular weight is 317 g/mol. The Morgan fingerprint density at radius 2 is 1.83 bits per heavy atom. The van der Waals surface area contributed by atoms with Crippen molar-refractivity contribution in [3.8, 4) is 0 Å². The number of aldehydes is 1. The molecule has 0 heterocycles. The van der Waals surface area contributed by atoms with Crippen LogP contribution in [0.4, 0.5) is 8.78 Å². The quantitative estimate of drug-likeness (QED) is 0.797. The first-order valence-corrected chi connectivity index (χ1v) is 7.35. The number of nitrogens with one attached hydrogen (secondary N) is 1. The van der Waals surface area contributed by atoms with E-state index in [9.17, 15) is 18.4 Å². The van der Waals surface area contributed by atoms with Gasteiger partial charge in [-0.15, -0.1) is 0 Å². The van der Waals surface area contributed by atoms with Crippen molar-refractivity contribution in [1.82, 2.24) is 5.32 Å². The molecule has 0 saturated carbocycles. The minimum atomic E-state index is -1.09. The topological polar surface area (TPSA) is 46.2 Å². The van der Waals surface area contributed by atoms with Gasteiger partial charge in [0.05, 0.1) is 6.04 Å². The van der Waals surface area contributed by atoms with E-state index in [2.05, 4.69) is 5.32 Å². The molecule has 2 aromatic carbocycles. The Hall–Kier alpha value is -2.56. The largest absolute Gasteiger partial charge is 0.343 e. The van der Waals surface area contributed by atoms with Crippen molar-refractivity contribution in [2.45, 2.75) is 25.3 Å². The zero-order valence-electron chi connectivity index (χ0n) is 12.5. The fourth-order valence-corrected chi connectivity index (χ4v) is 2.23. The Bertz CT molecular complexity index is 674. The van der Waals surface area contributed by atoms with Crippen LogP contribution in [0, 0.1) is 11.6 Å². The molecule has 2 aromatic rings. The molecule has 0 radical (unpaired) electrons. The summed E-state index contributed by atoms with van der Waals surface area (Å²) in [6.45, 7) is 0. The minimum Gasteiger partial charge on any atom is -0.343 e. The molecule has 0 aromatic heterocycles. The molecule has 1 N–H and O–H groups in total. The van der Waals surface area contributed by atoms with Gasteiger partial charge in [0, 0.05) is 5.56 Å². The fraction of sp³-hybridized carbons (Fsp3) is 0.222. The van der Waals surface area contributed by atoms with Gasteiger partial charge in [0.15, 0.2) is 11.6 Å². The highest BCUT2D eigenvalue weighted by molar-refractivity contribution is 5.95. The second kappa shape index (κ2) is 8.17. The number of aryl methyl sites for hydroxylation is 1. The average Bonchev–Trinajstić information content (AvgIpc) is 2.57. The molecule has 0 spiro atoms. The van der Waals surface area contributed by atoms with E-state index in [-0.39, 0.29) is 5.56 Å². The third-order valence-electron chi connectivity index (χ3n) is 3.49. The summed E-state index contributed by atoms with van der Waals surface area (Å²) in [5, 5.41) is 2.52. The first-order valence-electron chi connectivity index (χ1n) is 7.35. The van der Waals surface area contributed by atoms with Gasteiger partial charge in [-0.25, -0.2) is 8.78 Å². The second-order valence-electron chi connectivity index (χ2n) is 5.22. The molecule has 5 heteroatoms. The fourth-order valence-electron chi connectivity index (χ4n) is 2.23. The maximum atomic E-state index is 13.1. The van der Waals surface area contributed by atoms with Gasteiger partial charge in [-0.05, 0) is 43.0 Å². The molecule has 120 valence electrons. The monoisotopic (exact) mass is 317 g/mol. The van der Waals surface area contributed by atoms with Gasteiger partial charge in [0.2, 0.25) is 0 Å². The molecule has 0 fully saturated rings. The van der Waals surface area contributed by atoms with Crippen molar-refractivity contribution in [2.75, 3.05) is 0 Å². The molecular weight excluding hydrogens is 300 g/mol. The van der Waals surface area contributed by atoms with Crippen LogP contribution in [0.2, 0.25) is 0 Å². The number of carbonyl (C=O) groups is 2. The standard InChI is InChI=1S/C18H17F2NO2/c19-16-10-9-14(11-17(16)20)18(23)21-15(12-22)8-4-7-13-5-2-1-3-6-13/h1-3,5-6,9-12,15H,4,7-8H2,(H,21,23)/t15-/m1/s1. The number of hydrogen-bond acceptors (Lipinski definition) is 2. The van der Waals surface area contributed by atoms with E-state index < -0.39 is 23.6 Å². The lowest BCUT2D eigenvalue weighted by Gasteiger charge is -2.13. The summed E-state index contributed by atoms with van der Waals surface area (Å²) >= 11 is 0. The van der Waals surface area contributed by atoms with E-state index in [1.807, 2.05) is 30.3 Å². The molecule has 1 atom stereocenters. The molecule has 0 aliphatic carbocycles. The molecule has 1 amide bonds. The molecular formula is C18H17F2NO2. The van der Waals surface area contributed by atoms with Crippen LogP contribution in [0.5, 0.6) is 0 Å². The van der Waals surface area contributed by atoms with Crippen molar-refractivity contribution in [3.05, 3.63) is 71.3 Å². The number of benzene rings is 2. The first kappa shape index (κ1) is 16.8. The predicted octanol–water partition coefficient (Wildman–Crippen LogP) is 3.29. The van der Waals surface area contributed by atoms with Crippen molar-refractivity contribution in [1.29, 1.82) is 0 Å². The summed E-state index contributed by atoms with van der Waals surface area (Å²) in [6.07, 6.45) is 2.66. The van der Waals surface area contributed by atoms with E-state index in [4.69, 9.17) is 0 Å². The van der Waals surface area contributed by atoms with Crippen LogP contribution >= 0.6 is 0 Å². The lowest BCUT2D eigenvalue weighted by molar-refractivity contribution is -0.109. The van der Waals surface area contributed by atoms with Crippen molar-refractivity contribution < 1.29 is 18.4 Å². The van der Waals surface area contributed by atoms with Gasteiger partial charge in [-0.3, -0.25) is 4.79 Å². The van der Waals surface area contributed by atoms with E-state index in [1.54, 1.807) is 0 Å². The Balaban J connectivity index is 1.87. The Kier molecular flexibility index (Phi) is 5.97. The first-order chi connectivity index (χ1) is 11.1. The van der Waals surface area contributed by atoms with Crippen LogP contribution in [0.25, 0.3) is 0 Å². The normalized spacial score (nSPS) is 11.7. The van der Waals surface area contributed by atoms with Gasteiger partial charge in [-0.1, -0.05) is 30.3 Å². The summed E-state index contributed by atoms with van der Waals surface area (Å²) in [4.78, 5) is 23.0. The van der Waals surface area contributed by atoms with Crippen LogP contribution in [-0.4, -0.2) is 18.2 Å². The SMILES string of the molecule is O=C[C@@H](CCCc1ccccc1)NC(=O)c1ccc(F)c(F)c1. The molecule has 23 heavy (non-hydrogen) atoms. The Morgan fingerprint density at radius 3 is 2.48 bits per heavy atom. The molecule has 0 saturated heterocycles. The number of carbonyl (C=O) groups excluding carboxylic acids is 2. The number of hydrogen-bond donors (Lipinski definition) is 1. The highest BCUT2D eigenvalue weighted by Gasteiger charge is 2.14. The highest BCUT2D eigenvalue weighted by Crippen LogP contribution is 2.10. The van der Waals surface area contributed by atoms with Gasteiger partial charge in [0.1, 0.15) is 6.29 Å². The van der Waals surface area contributed by atoms with Crippen molar-refractivity contribution >= 4 is 12.2 Å². The Morgan fingerprint density at radius 1 is 1.09 bits per heavy atom. The lowest BCUT2D eigenvalue weighted by atomic mass is 10.0. The van der Waals surface area contributed by atoms with Crippen LogP contribution in [0.1, 0.15) is 28.8 Å². The smallest absolute Gasteiger partial charge is 0.251 e. The summed E-state index contributed by atoms with van der Waals surface area (Å²) in [6, 6.07) is 12.0. The summed E-state index contributed by atoms with van der Waals surface area (Å²) < 4.78 is 26.0. The second-order valence-corrected chi connectivity index (χ2v) is 5.22. The van der Waals surface area contributed by atoms with Gasteiger partial charge in [-0.2, -0.15) is 0 Å². The molecule has 0 aliphatic heterocycles. The van der Waals surface area contributed by atoms with Gasteiger partial charge in [0.25, 0.3) is 5.91 Å². The maximum absolute atomic E-state index is 13.1. The number of amides is 1. The number of halogens is 2. The Labute approximate surface area is 133 Å². The molecule has 0 aliphatic rings. The third kappa shape index (κ3) is 4.98. The van der Waals surface area contributed by atoms with Crippen LogP contribution in [0.15, 0.2) is 48.5 Å². The van der Waals surface area contributed by atoms with Gasteiger partial charge < -0.3 is 10.1 Å². The zero-order valence-corrected chi connectivity index (χ0v) is 12.5. The van der Waals surface area contributed by atoms with Crippen LogP contribution in [-0.2, 0) is 11.2 Å². The highest BCUT2D eigenvalue weighted by atomic mass is 19.2. The van der Waals surface area contributed by atoms with E-state index in [0.29, 0.717) is 12.7 Å². The predicted molar refractivity (Wildman–Crippen MR) is 83.1 cm³/mol. The molecule has 2 rings (SSSR count). The maximum Gasteiger partial charge on any atom is 0.251 e.